The molecule has 0 aromatic heterocycles. The normalized spacial score (nSPS) is 11.5. The third-order valence-corrected chi connectivity index (χ3v) is 3.54. The van der Waals surface area contributed by atoms with E-state index in [-0.39, 0.29) is 5.91 Å². The van der Waals surface area contributed by atoms with E-state index in [1.807, 2.05) is 56.3 Å². The van der Waals surface area contributed by atoms with Gasteiger partial charge in [-0.15, -0.1) is 0 Å². The van der Waals surface area contributed by atoms with Crippen LogP contribution < -0.4 is 5.32 Å². The lowest BCUT2D eigenvalue weighted by atomic mass is 10.1. The number of hydrogen-bond donors (Lipinski definition) is 2. The smallest absolute Gasteiger partial charge is 0.221 e. The van der Waals surface area contributed by atoms with Crippen LogP contribution in [0.5, 0.6) is 0 Å². The first-order valence-corrected chi connectivity index (χ1v) is 8.17. The Morgan fingerprint density at radius 3 is 2.04 bits per heavy atom. The minimum Gasteiger partial charge on any atom is -0.389 e. The molecule has 0 atom stereocenters. The van der Waals surface area contributed by atoms with E-state index in [2.05, 4.69) is 22.3 Å². The van der Waals surface area contributed by atoms with Gasteiger partial charge in [0.1, 0.15) is 0 Å². The van der Waals surface area contributed by atoms with Gasteiger partial charge in [0.25, 0.3) is 0 Å². The van der Waals surface area contributed by atoms with Crippen LogP contribution in [0, 0.1) is 0 Å². The van der Waals surface area contributed by atoms with Gasteiger partial charge in [0.2, 0.25) is 5.91 Å². The molecule has 0 aliphatic carbocycles. The Morgan fingerprint density at radius 2 is 1.54 bits per heavy atom. The van der Waals surface area contributed by atoms with Crippen LogP contribution in [0.25, 0.3) is 0 Å². The van der Waals surface area contributed by atoms with Crippen molar-refractivity contribution in [1.29, 1.82) is 0 Å². The van der Waals surface area contributed by atoms with E-state index >= 15 is 0 Å². The lowest BCUT2D eigenvalue weighted by Gasteiger charge is -2.29. The van der Waals surface area contributed by atoms with Crippen molar-refractivity contribution in [3.8, 4) is 0 Å². The number of rotatable bonds is 7. The number of amides is 1. The van der Waals surface area contributed by atoms with Crippen molar-refractivity contribution in [2.24, 2.45) is 0 Å². The van der Waals surface area contributed by atoms with Crippen molar-refractivity contribution >= 4 is 11.6 Å². The number of carbonyl (C=O) groups excluding carboxylic acids is 1. The zero-order valence-electron chi connectivity index (χ0n) is 14.6. The van der Waals surface area contributed by atoms with Crippen LogP contribution in [0.4, 0.5) is 5.69 Å². The van der Waals surface area contributed by atoms with Gasteiger partial charge < -0.3 is 10.4 Å². The SMILES string of the molecule is CC(=O)Nc1ccc(CN(Cc2ccccc2)CC(C)(C)O)cc1. The van der Waals surface area contributed by atoms with Gasteiger partial charge in [0.05, 0.1) is 5.60 Å². The van der Waals surface area contributed by atoms with Crippen molar-refractivity contribution < 1.29 is 9.90 Å². The van der Waals surface area contributed by atoms with E-state index < -0.39 is 5.60 Å². The van der Waals surface area contributed by atoms with Crippen LogP contribution >= 0.6 is 0 Å². The van der Waals surface area contributed by atoms with Crippen LogP contribution in [0.3, 0.4) is 0 Å². The van der Waals surface area contributed by atoms with Crippen molar-refractivity contribution in [3.05, 3.63) is 65.7 Å². The number of anilines is 1. The van der Waals surface area contributed by atoms with Crippen LogP contribution in [-0.2, 0) is 17.9 Å². The molecule has 2 aromatic rings. The van der Waals surface area contributed by atoms with Crippen molar-refractivity contribution in [1.82, 2.24) is 4.90 Å². The monoisotopic (exact) mass is 326 g/mol. The van der Waals surface area contributed by atoms with Crippen LogP contribution in [0.1, 0.15) is 31.9 Å². The molecule has 24 heavy (non-hydrogen) atoms. The Kier molecular flexibility index (Phi) is 6.12. The lowest BCUT2D eigenvalue weighted by Crippen LogP contribution is -2.37. The van der Waals surface area contributed by atoms with Gasteiger partial charge in [0, 0.05) is 32.2 Å². The number of nitrogens with zero attached hydrogens (tertiary/aromatic N) is 1. The minimum atomic E-state index is -0.759. The van der Waals surface area contributed by atoms with Crippen LogP contribution in [0.2, 0.25) is 0 Å². The summed E-state index contributed by atoms with van der Waals surface area (Å²) < 4.78 is 0. The van der Waals surface area contributed by atoms with E-state index in [1.165, 1.54) is 12.5 Å². The van der Waals surface area contributed by atoms with Crippen LogP contribution in [-0.4, -0.2) is 28.1 Å². The summed E-state index contributed by atoms with van der Waals surface area (Å²) in [4.78, 5) is 13.3. The fourth-order valence-electron chi connectivity index (χ4n) is 2.71. The third-order valence-electron chi connectivity index (χ3n) is 3.54. The van der Waals surface area contributed by atoms with Crippen molar-refractivity contribution in [2.75, 3.05) is 11.9 Å². The summed E-state index contributed by atoms with van der Waals surface area (Å²) in [6.45, 7) is 7.24. The van der Waals surface area contributed by atoms with E-state index in [0.717, 1.165) is 24.3 Å². The summed E-state index contributed by atoms with van der Waals surface area (Å²) in [5.74, 6) is -0.0736. The maximum absolute atomic E-state index is 11.1. The van der Waals surface area contributed by atoms with Crippen molar-refractivity contribution in [2.45, 2.75) is 39.5 Å². The van der Waals surface area contributed by atoms with Gasteiger partial charge in [-0.05, 0) is 37.1 Å². The third kappa shape index (κ3) is 6.52. The number of carbonyl (C=O) groups is 1. The van der Waals surface area contributed by atoms with E-state index in [9.17, 15) is 9.90 Å². The Balaban J connectivity index is 2.08. The fourth-order valence-corrected chi connectivity index (χ4v) is 2.71. The molecule has 0 bridgehead atoms. The first-order chi connectivity index (χ1) is 11.3. The summed E-state index contributed by atoms with van der Waals surface area (Å²) in [6, 6.07) is 18.1. The molecule has 0 radical (unpaired) electrons. The molecular weight excluding hydrogens is 300 g/mol. The molecule has 0 fully saturated rings. The molecule has 1 amide bonds. The average molecular weight is 326 g/mol. The Morgan fingerprint density at radius 1 is 1.00 bits per heavy atom. The molecule has 128 valence electrons. The van der Waals surface area contributed by atoms with Crippen molar-refractivity contribution in [3.63, 3.8) is 0 Å². The maximum atomic E-state index is 11.1. The van der Waals surface area contributed by atoms with Gasteiger partial charge in [-0.1, -0.05) is 42.5 Å². The van der Waals surface area contributed by atoms with E-state index in [4.69, 9.17) is 0 Å². The summed E-state index contributed by atoms with van der Waals surface area (Å²) in [7, 11) is 0. The Bertz CT molecular complexity index is 646. The van der Waals surface area contributed by atoms with Crippen LogP contribution in [0.15, 0.2) is 54.6 Å². The summed E-state index contributed by atoms with van der Waals surface area (Å²) in [5, 5.41) is 13.0. The van der Waals surface area contributed by atoms with Gasteiger partial charge in [-0.25, -0.2) is 0 Å². The molecule has 0 aliphatic heterocycles. The quantitative estimate of drug-likeness (QED) is 0.820. The summed E-state index contributed by atoms with van der Waals surface area (Å²) >= 11 is 0. The second-order valence-electron chi connectivity index (χ2n) is 6.82. The van der Waals surface area contributed by atoms with Gasteiger partial charge in [-0.2, -0.15) is 0 Å². The molecule has 0 saturated heterocycles. The highest BCUT2D eigenvalue weighted by atomic mass is 16.3. The number of aliphatic hydroxyl groups is 1. The molecule has 2 aromatic carbocycles. The van der Waals surface area contributed by atoms with Gasteiger partial charge in [-0.3, -0.25) is 9.69 Å². The summed E-state index contributed by atoms with van der Waals surface area (Å²) in [5.41, 5.74) is 2.40. The summed E-state index contributed by atoms with van der Waals surface area (Å²) in [6.07, 6.45) is 0. The maximum Gasteiger partial charge on any atom is 0.221 e. The first-order valence-electron chi connectivity index (χ1n) is 8.17. The number of nitrogens with one attached hydrogen (secondary N) is 1. The molecule has 2 rings (SSSR count). The van der Waals surface area contributed by atoms with Gasteiger partial charge in [0.15, 0.2) is 0 Å². The zero-order valence-corrected chi connectivity index (χ0v) is 14.6. The largest absolute Gasteiger partial charge is 0.389 e. The molecule has 0 spiro atoms. The average Bonchev–Trinajstić information content (AvgIpc) is 2.48. The molecule has 4 nitrogen and oxygen atoms in total. The Hall–Kier alpha value is -2.17. The molecule has 0 aliphatic rings. The molecule has 0 unspecified atom stereocenters. The van der Waals surface area contributed by atoms with E-state index in [0.29, 0.717) is 6.54 Å². The molecular formula is C20H26N2O2. The highest BCUT2D eigenvalue weighted by Crippen LogP contribution is 2.16. The second kappa shape index (κ2) is 8.08. The van der Waals surface area contributed by atoms with E-state index in [1.54, 1.807) is 0 Å². The van der Waals surface area contributed by atoms with Gasteiger partial charge >= 0.3 is 0 Å². The topological polar surface area (TPSA) is 52.6 Å². The second-order valence-corrected chi connectivity index (χ2v) is 6.82. The molecule has 4 heteroatoms. The Labute approximate surface area is 144 Å². The lowest BCUT2D eigenvalue weighted by molar-refractivity contribution is -0.114. The zero-order chi connectivity index (χ0) is 17.6. The number of benzene rings is 2. The molecule has 0 saturated carbocycles. The fraction of sp³-hybridized carbons (Fsp3) is 0.350. The number of hydrogen-bond acceptors (Lipinski definition) is 3. The predicted molar refractivity (Wildman–Crippen MR) is 97.6 cm³/mol. The first kappa shape index (κ1) is 18.2. The highest BCUT2D eigenvalue weighted by molar-refractivity contribution is 5.88. The molecule has 2 N–H and O–H groups in total. The standard InChI is InChI=1S/C20H26N2O2/c1-16(23)21-19-11-9-18(10-12-19)14-22(15-20(2,3)24)13-17-7-5-4-6-8-17/h4-12,24H,13-15H2,1-3H3,(H,21,23). The predicted octanol–water partition coefficient (Wildman–Crippen LogP) is 3.42. The minimum absolute atomic E-state index is 0.0736. The molecule has 0 heterocycles. The highest BCUT2D eigenvalue weighted by Gasteiger charge is 2.18.